The Morgan fingerprint density at radius 2 is 2.28 bits per heavy atom. The van der Waals surface area contributed by atoms with Crippen molar-refractivity contribution >= 4 is 17.9 Å². The molecule has 94 valence electrons. The number of esters is 1. The van der Waals surface area contributed by atoms with Crippen LogP contribution in [0.2, 0.25) is 0 Å². The van der Waals surface area contributed by atoms with Crippen molar-refractivity contribution in [2.45, 2.75) is 6.92 Å². The summed E-state index contributed by atoms with van der Waals surface area (Å²) in [5.41, 5.74) is -0.00778. The number of anilines is 1. The van der Waals surface area contributed by atoms with E-state index in [9.17, 15) is 9.59 Å². The van der Waals surface area contributed by atoms with Crippen molar-refractivity contribution in [3.05, 3.63) is 36.1 Å². The Morgan fingerprint density at radius 1 is 1.44 bits per heavy atom. The van der Waals surface area contributed by atoms with Gasteiger partial charge in [-0.3, -0.25) is 10.1 Å². The van der Waals surface area contributed by atoms with Gasteiger partial charge in [-0.2, -0.15) is 4.98 Å². The predicted molar refractivity (Wildman–Crippen MR) is 59.1 cm³/mol. The predicted octanol–water partition coefficient (Wildman–Crippen LogP) is 1.70. The van der Waals surface area contributed by atoms with Crippen LogP contribution in [-0.4, -0.2) is 23.5 Å². The van der Waals surface area contributed by atoms with Gasteiger partial charge in [-0.15, -0.1) is 0 Å². The summed E-state index contributed by atoms with van der Waals surface area (Å²) in [4.78, 5) is 26.6. The number of nitrogens with one attached hydrogen (secondary N) is 1. The number of carbonyl (C=O) groups excluding carboxylic acids is 2. The molecule has 0 saturated carbocycles. The highest BCUT2D eigenvalue weighted by Gasteiger charge is 2.16. The molecule has 0 aromatic carbocycles. The number of rotatable bonds is 4. The van der Waals surface area contributed by atoms with Gasteiger partial charge in [-0.25, -0.2) is 4.79 Å². The quantitative estimate of drug-likeness (QED) is 0.830. The number of oxazole rings is 1. The Balaban J connectivity index is 2.03. The van der Waals surface area contributed by atoms with Gasteiger partial charge < -0.3 is 13.6 Å². The lowest BCUT2D eigenvalue weighted by atomic mass is 10.4. The molecule has 0 aliphatic rings. The lowest BCUT2D eigenvalue weighted by Gasteiger charge is -1.96. The number of amides is 1. The Kier molecular flexibility index (Phi) is 3.42. The van der Waals surface area contributed by atoms with Crippen LogP contribution >= 0.6 is 0 Å². The molecule has 0 aliphatic heterocycles. The molecule has 0 spiro atoms. The summed E-state index contributed by atoms with van der Waals surface area (Å²) in [6, 6.07) is 2.97. The number of furan rings is 1. The number of nitrogens with zero attached hydrogens (tertiary/aromatic N) is 1. The lowest BCUT2D eigenvalue weighted by Crippen LogP contribution is -2.11. The monoisotopic (exact) mass is 250 g/mol. The Labute approximate surface area is 102 Å². The zero-order valence-electron chi connectivity index (χ0n) is 9.50. The summed E-state index contributed by atoms with van der Waals surface area (Å²) < 4.78 is 14.5. The van der Waals surface area contributed by atoms with Gasteiger partial charge in [-0.1, -0.05) is 0 Å². The minimum atomic E-state index is -0.611. The molecule has 0 bridgehead atoms. The summed E-state index contributed by atoms with van der Waals surface area (Å²) >= 11 is 0. The van der Waals surface area contributed by atoms with Crippen molar-refractivity contribution in [3.8, 4) is 0 Å². The molecule has 0 aliphatic carbocycles. The molecule has 0 atom stereocenters. The first-order chi connectivity index (χ1) is 8.70. The van der Waals surface area contributed by atoms with Crippen molar-refractivity contribution in [1.82, 2.24) is 4.98 Å². The molecular formula is C11H10N2O5. The topological polar surface area (TPSA) is 94.6 Å². The van der Waals surface area contributed by atoms with Gasteiger partial charge in [0.1, 0.15) is 6.26 Å². The maximum atomic E-state index is 11.6. The smallest absolute Gasteiger partial charge is 0.360 e. The SMILES string of the molecule is CCOC(=O)c1coc(NC(=O)c2ccco2)n1. The highest BCUT2D eigenvalue weighted by molar-refractivity contribution is 6.01. The van der Waals surface area contributed by atoms with Gasteiger partial charge >= 0.3 is 12.0 Å². The Bertz CT molecular complexity index is 544. The van der Waals surface area contributed by atoms with Crippen LogP contribution in [0.5, 0.6) is 0 Å². The number of aromatic nitrogens is 1. The molecule has 2 heterocycles. The fourth-order valence-electron chi connectivity index (χ4n) is 1.20. The molecule has 1 N–H and O–H groups in total. The third-order valence-corrected chi connectivity index (χ3v) is 1.95. The zero-order chi connectivity index (χ0) is 13.0. The van der Waals surface area contributed by atoms with Crippen LogP contribution in [0.4, 0.5) is 6.01 Å². The maximum absolute atomic E-state index is 11.6. The van der Waals surface area contributed by atoms with Gasteiger partial charge in [0.15, 0.2) is 11.5 Å². The summed E-state index contributed by atoms with van der Waals surface area (Å²) in [5.74, 6) is -1.01. The van der Waals surface area contributed by atoms with Gasteiger partial charge in [0.2, 0.25) is 0 Å². The summed E-state index contributed by atoms with van der Waals surface area (Å²) in [6.07, 6.45) is 2.48. The average molecular weight is 250 g/mol. The summed E-state index contributed by atoms with van der Waals surface area (Å²) in [7, 11) is 0. The van der Waals surface area contributed by atoms with E-state index >= 15 is 0 Å². The van der Waals surface area contributed by atoms with Crippen LogP contribution in [-0.2, 0) is 4.74 Å². The van der Waals surface area contributed by atoms with Crippen LogP contribution in [0.1, 0.15) is 28.0 Å². The van der Waals surface area contributed by atoms with E-state index in [0.717, 1.165) is 6.26 Å². The van der Waals surface area contributed by atoms with Gasteiger partial charge in [0, 0.05) is 0 Å². The second-order valence-corrected chi connectivity index (χ2v) is 3.19. The fraction of sp³-hybridized carbons (Fsp3) is 0.182. The summed E-state index contributed by atoms with van der Waals surface area (Å²) in [5, 5.41) is 2.34. The molecule has 0 saturated heterocycles. The fourth-order valence-corrected chi connectivity index (χ4v) is 1.20. The number of carbonyl (C=O) groups is 2. The standard InChI is InChI=1S/C11H10N2O5/c1-2-16-10(15)7-6-18-11(12-7)13-9(14)8-4-3-5-17-8/h3-6H,2H2,1H3,(H,12,13,14). The Morgan fingerprint density at radius 3 is 2.94 bits per heavy atom. The number of hydrogen-bond acceptors (Lipinski definition) is 6. The third-order valence-electron chi connectivity index (χ3n) is 1.95. The second kappa shape index (κ2) is 5.17. The highest BCUT2D eigenvalue weighted by atomic mass is 16.5. The molecule has 0 fully saturated rings. The second-order valence-electron chi connectivity index (χ2n) is 3.19. The third kappa shape index (κ3) is 2.57. The molecule has 2 aromatic heterocycles. The molecule has 2 rings (SSSR count). The molecular weight excluding hydrogens is 240 g/mol. The van der Waals surface area contributed by atoms with Crippen molar-refractivity contribution in [2.75, 3.05) is 11.9 Å². The van der Waals surface area contributed by atoms with Crippen LogP contribution in [0.15, 0.2) is 33.5 Å². The molecule has 18 heavy (non-hydrogen) atoms. The normalized spacial score (nSPS) is 10.1. The van der Waals surface area contributed by atoms with E-state index < -0.39 is 11.9 Å². The van der Waals surface area contributed by atoms with E-state index in [0.29, 0.717) is 0 Å². The average Bonchev–Trinajstić information content (AvgIpc) is 2.99. The highest BCUT2D eigenvalue weighted by Crippen LogP contribution is 2.10. The van der Waals surface area contributed by atoms with Crippen LogP contribution in [0.3, 0.4) is 0 Å². The summed E-state index contributed by atoms with van der Waals surface area (Å²) in [6.45, 7) is 1.91. The van der Waals surface area contributed by atoms with Crippen molar-refractivity contribution in [3.63, 3.8) is 0 Å². The number of hydrogen-bond donors (Lipinski definition) is 1. The Hall–Kier alpha value is -2.57. The maximum Gasteiger partial charge on any atom is 0.360 e. The van der Waals surface area contributed by atoms with Crippen LogP contribution in [0, 0.1) is 0 Å². The van der Waals surface area contributed by atoms with E-state index in [1.807, 2.05) is 0 Å². The molecule has 1 amide bonds. The van der Waals surface area contributed by atoms with E-state index in [2.05, 4.69) is 10.3 Å². The van der Waals surface area contributed by atoms with Crippen molar-refractivity contribution in [2.24, 2.45) is 0 Å². The van der Waals surface area contributed by atoms with E-state index in [-0.39, 0.29) is 24.1 Å². The minimum absolute atomic E-state index is 0.00778. The molecule has 2 aromatic rings. The van der Waals surface area contributed by atoms with Crippen molar-refractivity contribution in [1.29, 1.82) is 0 Å². The van der Waals surface area contributed by atoms with Gasteiger partial charge in [-0.05, 0) is 19.1 Å². The van der Waals surface area contributed by atoms with Crippen molar-refractivity contribution < 1.29 is 23.2 Å². The van der Waals surface area contributed by atoms with E-state index in [1.165, 1.54) is 12.3 Å². The molecule has 7 heteroatoms. The van der Waals surface area contributed by atoms with Gasteiger partial charge in [0.25, 0.3) is 5.91 Å². The first kappa shape index (κ1) is 11.9. The first-order valence-corrected chi connectivity index (χ1v) is 5.18. The number of ether oxygens (including phenoxy) is 1. The first-order valence-electron chi connectivity index (χ1n) is 5.18. The lowest BCUT2D eigenvalue weighted by molar-refractivity contribution is 0.0519. The van der Waals surface area contributed by atoms with Gasteiger partial charge in [0.05, 0.1) is 12.9 Å². The molecule has 0 unspecified atom stereocenters. The molecule has 0 radical (unpaired) electrons. The van der Waals surface area contributed by atoms with E-state index in [1.54, 1.807) is 13.0 Å². The van der Waals surface area contributed by atoms with Crippen LogP contribution < -0.4 is 5.32 Å². The zero-order valence-corrected chi connectivity index (χ0v) is 9.50. The van der Waals surface area contributed by atoms with Crippen LogP contribution in [0.25, 0.3) is 0 Å². The molecule has 7 nitrogen and oxygen atoms in total. The largest absolute Gasteiger partial charge is 0.461 e. The van der Waals surface area contributed by atoms with E-state index in [4.69, 9.17) is 13.6 Å². The minimum Gasteiger partial charge on any atom is -0.461 e.